The van der Waals surface area contributed by atoms with Crippen molar-refractivity contribution in [3.05, 3.63) is 0 Å². The summed E-state index contributed by atoms with van der Waals surface area (Å²) >= 11 is 0. The Kier molecular flexibility index (Phi) is 4.90. The SMILES string of the molecule is CCOC1CCCN(C(=O)CNC)C1. The quantitative estimate of drug-likeness (QED) is 0.706. The molecule has 0 aromatic carbocycles. The fourth-order valence-corrected chi connectivity index (χ4v) is 1.80. The maximum absolute atomic E-state index is 11.6. The highest BCUT2D eigenvalue weighted by Crippen LogP contribution is 2.12. The van der Waals surface area contributed by atoms with Gasteiger partial charge in [0.05, 0.1) is 12.6 Å². The first kappa shape index (κ1) is 11.5. The number of rotatable bonds is 4. The summed E-state index contributed by atoms with van der Waals surface area (Å²) in [6, 6.07) is 0. The first-order valence-corrected chi connectivity index (χ1v) is 5.32. The number of carbonyl (C=O) groups is 1. The number of likely N-dealkylation sites (tertiary alicyclic amines) is 1. The van der Waals surface area contributed by atoms with Gasteiger partial charge in [-0.25, -0.2) is 0 Å². The largest absolute Gasteiger partial charge is 0.377 e. The van der Waals surface area contributed by atoms with Crippen LogP contribution in [0, 0.1) is 0 Å². The number of carbonyl (C=O) groups excluding carboxylic acids is 1. The maximum atomic E-state index is 11.6. The normalized spacial score (nSPS) is 22.4. The molecule has 0 aromatic rings. The number of hydrogen-bond donors (Lipinski definition) is 1. The van der Waals surface area contributed by atoms with Gasteiger partial charge < -0.3 is 15.0 Å². The van der Waals surface area contributed by atoms with Gasteiger partial charge in [0.2, 0.25) is 5.91 Å². The van der Waals surface area contributed by atoms with E-state index >= 15 is 0 Å². The Morgan fingerprint density at radius 3 is 3.07 bits per heavy atom. The van der Waals surface area contributed by atoms with E-state index in [0.717, 1.165) is 32.5 Å². The Bertz CT molecular complexity index is 183. The van der Waals surface area contributed by atoms with Gasteiger partial charge in [-0.05, 0) is 26.8 Å². The van der Waals surface area contributed by atoms with Crippen LogP contribution in [0.15, 0.2) is 0 Å². The van der Waals surface area contributed by atoms with E-state index in [9.17, 15) is 4.79 Å². The fraction of sp³-hybridized carbons (Fsp3) is 0.900. The molecule has 1 rings (SSSR count). The Morgan fingerprint density at radius 1 is 1.64 bits per heavy atom. The van der Waals surface area contributed by atoms with Gasteiger partial charge >= 0.3 is 0 Å². The number of nitrogens with zero attached hydrogens (tertiary/aromatic N) is 1. The minimum atomic E-state index is 0.178. The Balaban J connectivity index is 2.35. The van der Waals surface area contributed by atoms with Crippen molar-refractivity contribution in [3.63, 3.8) is 0 Å². The van der Waals surface area contributed by atoms with Crippen LogP contribution in [0.3, 0.4) is 0 Å². The molecule has 14 heavy (non-hydrogen) atoms. The molecule has 4 heteroatoms. The summed E-state index contributed by atoms with van der Waals surface area (Å²) in [4.78, 5) is 13.4. The summed E-state index contributed by atoms with van der Waals surface area (Å²) in [7, 11) is 1.79. The van der Waals surface area contributed by atoms with Gasteiger partial charge in [-0.2, -0.15) is 0 Å². The molecule has 0 saturated carbocycles. The van der Waals surface area contributed by atoms with Crippen molar-refractivity contribution in [2.75, 3.05) is 33.3 Å². The first-order valence-electron chi connectivity index (χ1n) is 5.32. The summed E-state index contributed by atoms with van der Waals surface area (Å²) in [5, 5.41) is 2.88. The zero-order valence-corrected chi connectivity index (χ0v) is 9.08. The van der Waals surface area contributed by atoms with Gasteiger partial charge in [0.1, 0.15) is 0 Å². The molecule has 1 atom stereocenters. The van der Waals surface area contributed by atoms with Crippen molar-refractivity contribution in [2.24, 2.45) is 0 Å². The van der Waals surface area contributed by atoms with Gasteiger partial charge in [0.15, 0.2) is 0 Å². The smallest absolute Gasteiger partial charge is 0.236 e. The molecule has 1 amide bonds. The van der Waals surface area contributed by atoms with E-state index in [1.165, 1.54) is 0 Å². The lowest BCUT2D eigenvalue weighted by atomic mass is 10.1. The Labute approximate surface area is 85.6 Å². The molecule has 4 nitrogen and oxygen atoms in total. The van der Waals surface area contributed by atoms with Crippen molar-refractivity contribution in [2.45, 2.75) is 25.9 Å². The second kappa shape index (κ2) is 5.98. The molecule has 1 saturated heterocycles. The monoisotopic (exact) mass is 200 g/mol. The number of nitrogens with one attached hydrogen (secondary N) is 1. The summed E-state index contributed by atoms with van der Waals surface area (Å²) in [6.45, 7) is 4.80. The number of amides is 1. The van der Waals surface area contributed by atoms with Crippen LogP contribution in [0.4, 0.5) is 0 Å². The number of piperidine rings is 1. The number of hydrogen-bond acceptors (Lipinski definition) is 3. The molecule has 1 heterocycles. The summed E-state index contributed by atoms with van der Waals surface area (Å²) < 4.78 is 5.53. The predicted molar refractivity (Wildman–Crippen MR) is 55.2 cm³/mol. The van der Waals surface area contributed by atoms with E-state index in [1.54, 1.807) is 7.05 Å². The molecular weight excluding hydrogens is 180 g/mol. The highest BCUT2D eigenvalue weighted by Gasteiger charge is 2.22. The lowest BCUT2D eigenvalue weighted by Gasteiger charge is -2.32. The molecule has 1 aliphatic heterocycles. The Hall–Kier alpha value is -0.610. The van der Waals surface area contributed by atoms with Crippen LogP contribution < -0.4 is 5.32 Å². The molecule has 0 aliphatic carbocycles. The minimum Gasteiger partial charge on any atom is -0.377 e. The van der Waals surface area contributed by atoms with Crippen molar-refractivity contribution in [1.82, 2.24) is 10.2 Å². The second-order valence-corrected chi connectivity index (χ2v) is 3.59. The third-order valence-electron chi connectivity index (χ3n) is 2.46. The first-order chi connectivity index (χ1) is 6.77. The number of likely N-dealkylation sites (N-methyl/N-ethyl adjacent to an activating group) is 1. The third-order valence-corrected chi connectivity index (χ3v) is 2.46. The van der Waals surface area contributed by atoms with Gasteiger partial charge in [0, 0.05) is 19.7 Å². The van der Waals surface area contributed by atoms with Crippen molar-refractivity contribution >= 4 is 5.91 Å². The predicted octanol–water partition coefficient (Wildman–Crippen LogP) is 0.233. The highest BCUT2D eigenvalue weighted by molar-refractivity contribution is 5.78. The molecule has 0 spiro atoms. The summed E-state index contributed by atoms with van der Waals surface area (Å²) in [6.07, 6.45) is 2.38. The van der Waals surface area contributed by atoms with Gasteiger partial charge in [0.25, 0.3) is 0 Å². The molecule has 1 unspecified atom stereocenters. The highest BCUT2D eigenvalue weighted by atomic mass is 16.5. The van der Waals surface area contributed by atoms with E-state index in [2.05, 4.69) is 5.32 Å². The van der Waals surface area contributed by atoms with Gasteiger partial charge in [-0.15, -0.1) is 0 Å². The average Bonchev–Trinajstić information content (AvgIpc) is 2.19. The van der Waals surface area contributed by atoms with Crippen LogP contribution in [0.2, 0.25) is 0 Å². The molecule has 0 aromatic heterocycles. The van der Waals surface area contributed by atoms with Gasteiger partial charge in [-0.1, -0.05) is 0 Å². The van der Waals surface area contributed by atoms with Crippen LogP contribution in [-0.2, 0) is 9.53 Å². The van der Waals surface area contributed by atoms with E-state index in [-0.39, 0.29) is 12.0 Å². The molecular formula is C10H20N2O2. The van der Waals surface area contributed by atoms with E-state index < -0.39 is 0 Å². The van der Waals surface area contributed by atoms with Crippen molar-refractivity contribution in [1.29, 1.82) is 0 Å². The van der Waals surface area contributed by atoms with E-state index in [1.807, 2.05) is 11.8 Å². The minimum absolute atomic E-state index is 0.178. The van der Waals surface area contributed by atoms with Crippen LogP contribution in [0.5, 0.6) is 0 Å². The molecule has 0 radical (unpaired) electrons. The Morgan fingerprint density at radius 2 is 2.43 bits per heavy atom. The standard InChI is InChI=1S/C10H20N2O2/c1-3-14-9-5-4-6-12(8-9)10(13)7-11-2/h9,11H,3-8H2,1-2H3. The molecule has 82 valence electrons. The van der Waals surface area contributed by atoms with Crippen LogP contribution in [0.1, 0.15) is 19.8 Å². The number of ether oxygens (including phenoxy) is 1. The van der Waals surface area contributed by atoms with Crippen LogP contribution >= 0.6 is 0 Å². The van der Waals surface area contributed by atoms with Crippen LogP contribution in [0.25, 0.3) is 0 Å². The average molecular weight is 200 g/mol. The lowest BCUT2D eigenvalue weighted by molar-refractivity contribution is -0.134. The van der Waals surface area contributed by atoms with Crippen LogP contribution in [-0.4, -0.2) is 50.2 Å². The lowest BCUT2D eigenvalue weighted by Crippen LogP contribution is -2.46. The third kappa shape index (κ3) is 3.27. The molecule has 1 N–H and O–H groups in total. The molecule has 0 bridgehead atoms. The maximum Gasteiger partial charge on any atom is 0.236 e. The summed E-state index contributed by atoms with van der Waals surface area (Å²) in [5.74, 6) is 0.178. The van der Waals surface area contributed by atoms with Crippen molar-refractivity contribution < 1.29 is 9.53 Å². The van der Waals surface area contributed by atoms with Gasteiger partial charge in [-0.3, -0.25) is 4.79 Å². The molecule has 1 fully saturated rings. The zero-order valence-electron chi connectivity index (χ0n) is 9.08. The molecule has 1 aliphatic rings. The van der Waals surface area contributed by atoms with E-state index in [0.29, 0.717) is 6.54 Å². The van der Waals surface area contributed by atoms with Crippen molar-refractivity contribution in [3.8, 4) is 0 Å². The summed E-state index contributed by atoms with van der Waals surface area (Å²) in [5.41, 5.74) is 0. The zero-order chi connectivity index (χ0) is 10.4. The van der Waals surface area contributed by atoms with E-state index in [4.69, 9.17) is 4.74 Å². The fourth-order valence-electron chi connectivity index (χ4n) is 1.80. The second-order valence-electron chi connectivity index (χ2n) is 3.59. The topological polar surface area (TPSA) is 41.6 Å².